The van der Waals surface area contributed by atoms with E-state index in [1.807, 2.05) is 62.4 Å². The van der Waals surface area contributed by atoms with Gasteiger partial charge in [-0.05, 0) is 55.3 Å². The van der Waals surface area contributed by atoms with Gasteiger partial charge in [-0.25, -0.2) is 13.4 Å². The lowest BCUT2D eigenvalue weighted by Crippen LogP contribution is -2.05. The number of aromatic nitrogens is 1. The first-order valence-electron chi connectivity index (χ1n) is 8.74. The van der Waals surface area contributed by atoms with Crippen molar-refractivity contribution in [3.8, 4) is 11.1 Å². The van der Waals surface area contributed by atoms with Gasteiger partial charge < -0.3 is 0 Å². The van der Waals surface area contributed by atoms with Crippen molar-refractivity contribution in [2.45, 2.75) is 23.8 Å². The molecule has 0 saturated heterocycles. The number of rotatable bonds is 3. The lowest BCUT2D eigenvalue weighted by molar-refractivity contribution is 0.593. The third-order valence-corrected chi connectivity index (χ3v) is 6.28. The fraction of sp³-hybridized carbons (Fsp3) is 0.0870. The van der Waals surface area contributed by atoms with Crippen molar-refractivity contribution in [3.63, 3.8) is 0 Å². The lowest BCUT2D eigenvalue weighted by atomic mass is 10.0. The van der Waals surface area contributed by atoms with Crippen LogP contribution in [0, 0.1) is 13.8 Å². The Morgan fingerprint density at radius 2 is 1.41 bits per heavy atom. The summed E-state index contributed by atoms with van der Waals surface area (Å²) in [4.78, 5) is 4.74. The van der Waals surface area contributed by atoms with Crippen molar-refractivity contribution < 1.29 is 8.42 Å². The topological polar surface area (TPSA) is 47.0 Å². The van der Waals surface area contributed by atoms with Crippen LogP contribution in [-0.4, -0.2) is 13.4 Å². The fourth-order valence-electron chi connectivity index (χ4n) is 3.15. The SMILES string of the molecule is Cc1ccc(S(=O)(=O)c2cc(-c3ccccc3)c3cc(C)ccc3n2)cc1. The summed E-state index contributed by atoms with van der Waals surface area (Å²) in [7, 11) is -3.70. The number of aryl methyl sites for hydroxylation is 2. The van der Waals surface area contributed by atoms with E-state index >= 15 is 0 Å². The molecule has 0 N–H and O–H groups in total. The largest absolute Gasteiger partial charge is 0.236 e. The van der Waals surface area contributed by atoms with Crippen molar-refractivity contribution >= 4 is 20.7 Å². The minimum absolute atomic E-state index is 0.0709. The van der Waals surface area contributed by atoms with Crippen LogP contribution in [-0.2, 0) is 9.84 Å². The molecular weight excluding hydrogens is 354 g/mol. The quantitative estimate of drug-likeness (QED) is 0.486. The molecule has 0 aliphatic carbocycles. The summed E-state index contributed by atoms with van der Waals surface area (Å²) in [5, 5.41) is 1.02. The van der Waals surface area contributed by atoms with Gasteiger partial charge in [0.2, 0.25) is 9.84 Å². The van der Waals surface area contributed by atoms with E-state index in [0.717, 1.165) is 27.6 Å². The van der Waals surface area contributed by atoms with Crippen LogP contribution in [0.5, 0.6) is 0 Å². The Morgan fingerprint density at radius 3 is 2.11 bits per heavy atom. The number of sulfone groups is 1. The zero-order valence-electron chi connectivity index (χ0n) is 15.2. The number of fused-ring (bicyclic) bond motifs is 1. The van der Waals surface area contributed by atoms with E-state index in [9.17, 15) is 8.42 Å². The van der Waals surface area contributed by atoms with Crippen LogP contribution in [0.4, 0.5) is 0 Å². The monoisotopic (exact) mass is 373 g/mol. The van der Waals surface area contributed by atoms with E-state index in [1.165, 1.54) is 0 Å². The molecule has 0 radical (unpaired) electrons. The van der Waals surface area contributed by atoms with E-state index in [-0.39, 0.29) is 9.92 Å². The van der Waals surface area contributed by atoms with Crippen LogP contribution in [0.1, 0.15) is 11.1 Å². The Balaban J connectivity index is 2.00. The number of benzene rings is 3. The maximum atomic E-state index is 13.2. The second-order valence-electron chi connectivity index (χ2n) is 6.71. The molecule has 0 bridgehead atoms. The first-order chi connectivity index (χ1) is 12.9. The fourth-order valence-corrected chi connectivity index (χ4v) is 4.38. The first-order valence-corrected chi connectivity index (χ1v) is 10.2. The molecule has 1 aromatic heterocycles. The van der Waals surface area contributed by atoms with Gasteiger partial charge >= 0.3 is 0 Å². The Labute approximate surface area is 159 Å². The van der Waals surface area contributed by atoms with E-state index in [1.54, 1.807) is 30.3 Å². The van der Waals surface area contributed by atoms with Crippen molar-refractivity contribution in [2.24, 2.45) is 0 Å². The van der Waals surface area contributed by atoms with Crippen LogP contribution in [0.15, 0.2) is 88.8 Å². The molecule has 0 atom stereocenters. The van der Waals surface area contributed by atoms with Crippen molar-refractivity contribution in [2.75, 3.05) is 0 Å². The summed E-state index contributed by atoms with van der Waals surface area (Å²) in [5.74, 6) is 0. The average Bonchev–Trinajstić information content (AvgIpc) is 2.68. The molecule has 3 aromatic carbocycles. The smallest absolute Gasteiger partial charge is 0.223 e. The molecule has 27 heavy (non-hydrogen) atoms. The van der Waals surface area contributed by atoms with E-state index in [4.69, 9.17) is 0 Å². The minimum atomic E-state index is -3.70. The highest BCUT2D eigenvalue weighted by atomic mass is 32.2. The summed E-state index contributed by atoms with van der Waals surface area (Å²) in [5.41, 5.74) is 4.63. The number of nitrogens with zero attached hydrogens (tertiary/aromatic N) is 1. The van der Waals surface area contributed by atoms with E-state index in [2.05, 4.69) is 4.98 Å². The highest BCUT2D eigenvalue weighted by molar-refractivity contribution is 7.91. The van der Waals surface area contributed by atoms with Crippen LogP contribution in [0.25, 0.3) is 22.0 Å². The van der Waals surface area contributed by atoms with Crippen LogP contribution < -0.4 is 0 Å². The lowest BCUT2D eigenvalue weighted by Gasteiger charge is -2.11. The third kappa shape index (κ3) is 3.24. The van der Waals surface area contributed by atoms with Gasteiger partial charge in [0, 0.05) is 5.39 Å². The molecule has 0 aliphatic rings. The molecule has 4 aromatic rings. The maximum Gasteiger partial charge on any atom is 0.223 e. The summed E-state index contributed by atoms with van der Waals surface area (Å²) < 4.78 is 26.4. The van der Waals surface area contributed by atoms with Crippen molar-refractivity contribution in [1.82, 2.24) is 4.98 Å². The zero-order chi connectivity index (χ0) is 19.0. The number of hydrogen-bond acceptors (Lipinski definition) is 3. The van der Waals surface area contributed by atoms with Gasteiger partial charge in [0.05, 0.1) is 10.4 Å². The summed E-state index contributed by atoms with van der Waals surface area (Å²) in [6.45, 7) is 3.95. The molecule has 4 heteroatoms. The first kappa shape index (κ1) is 17.4. The standard InChI is InChI=1S/C23H19NO2S/c1-16-8-11-19(12-9-16)27(25,26)23-15-20(18-6-4-3-5-7-18)21-14-17(2)10-13-22(21)24-23/h3-15H,1-2H3. The second-order valence-corrected chi connectivity index (χ2v) is 8.61. The summed E-state index contributed by atoms with van der Waals surface area (Å²) in [6, 6.07) is 24.3. The molecule has 3 nitrogen and oxygen atoms in total. The maximum absolute atomic E-state index is 13.2. The number of pyridine rings is 1. The normalized spacial score (nSPS) is 11.6. The van der Waals surface area contributed by atoms with Gasteiger partial charge in [-0.15, -0.1) is 0 Å². The molecule has 0 amide bonds. The molecular formula is C23H19NO2S. The van der Waals surface area contributed by atoms with Gasteiger partial charge in [0.15, 0.2) is 5.03 Å². The molecule has 0 unspecified atom stereocenters. The van der Waals surface area contributed by atoms with Gasteiger partial charge in [0.1, 0.15) is 0 Å². The molecule has 0 aliphatic heterocycles. The van der Waals surface area contributed by atoms with Crippen LogP contribution in [0.2, 0.25) is 0 Å². The minimum Gasteiger partial charge on any atom is -0.236 e. The Kier molecular flexibility index (Phi) is 4.28. The average molecular weight is 373 g/mol. The van der Waals surface area contributed by atoms with Gasteiger partial charge in [-0.3, -0.25) is 0 Å². The van der Waals surface area contributed by atoms with Crippen LogP contribution >= 0.6 is 0 Å². The zero-order valence-corrected chi connectivity index (χ0v) is 16.0. The Hall–Kier alpha value is -2.98. The van der Waals surface area contributed by atoms with Gasteiger partial charge in [-0.1, -0.05) is 59.7 Å². The molecule has 134 valence electrons. The highest BCUT2D eigenvalue weighted by Crippen LogP contribution is 2.32. The van der Waals surface area contributed by atoms with Crippen molar-refractivity contribution in [1.29, 1.82) is 0 Å². The predicted octanol–water partition coefficient (Wildman–Crippen LogP) is 5.35. The molecule has 0 fully saturated rings. The Morgan fingerprint density at radius 1 is 0.741 bits per heavy atom. The number of hydrogen-bond donors (Lipinski definition) is 0. The molecule has 0 saturated carbocycles. The molecule has 4 rings (SSSR count). The van der Waals surface area contributed by atoms with Crippen LogP contribution in [0.3, 0.4) is 0 Å². The van der Waals surface area contributed by atoms with E-state index < -0.39 is 9.84 Å². The van der Waals surface area contributed by atoms with Gasteiger partial charge in [0.25, 0.3) is 0 Å². The molecule has 0 spiro atoms. The Bertz CT molecular complexity index is 1230. The van der Waals surface area contributed by atoms with E-state index in [0.29, 0.717) is 5.52 Å². The van der Waals surface area contributed by atoms with Gasteiger partial charge in [-0.2, -0.15) is 0 Å². The second kappa shape index (κ2) is 6.63. The van der Waals surface area contributed by atoms with Crippen molar-refractivity contribution in [3.05, 3.63) is 90.0 Å². The third-order valence-electron chi connectivity index (χ3n) is 4.63. The predicted molar refractivity (Wildman–Crippen MR) is 109 cm³/mol. The summed E-state index contributed by atoms with van der Waals surface area (Å²) in [6.07, 6.45) is 0. The summed E-state index contributed by atoms with van der Waals surface area (Å²) >= 11 is 0. The highest BCUT2D eigenvalue weighted by Gasteiger charge is 2.21. The molecule has 1 heterocycles.